The maximum absolute atomic E-state index is 5.94. The van der Waals surface area contributed by atoms with Crippen molar-refractivity contribution < 1.29 is 0 Å². The molecule has 0 bridgehead atoms. The minimum atomic E-state index is 0.462. The van der Waals surface area contributed by atoms with Crippen molar-refractivity contribution in [3.8, 4) is 0 Å². The number of rotatable bonds is 3. The van der Waals surface area contributed by atoms with E-state index in [1.54, 1.807) is 0 Å². The topological polar surface area (TPSA) is 44.5 Å². The molecule has 0 aromatic heterocycles. The standard InChI is InChI=1S/C12H24N4S/c1-15-7-17-8-16(15)12-6-11(12)14-10-4-2-9(13)3-5-10/h9-12,14H,2-8,13H2,1H3. The number of hydrogen-bond donors (Lipinski definition) is 2. The fourth-order valence-electron chi connectivity index (χ4n) is 3.07. The molecule has 3 N–H and O–H groups in total. The summed E-state index contributed by atoms with van der Waals surface area (Å²) in [5, 5.41) is 8.72. The molecule has 1 heterocycles. The van der Waals surface area contributed by atoms with Crippen LogP contribution in [0.1, 0.15) is 32.1 Å². The summed E-state index contributed by atoms with van der Waals surface area (Å²) >= 11 is 2.01. The van der Waals surface area contributed by atoms with Gasteiger partial charge in [0.25, 0.3) is 0 Å². The molecule has 0 radical (unpaired) electrons. The molecule has 5 heteroatoms. The molecule has 3 rings (SSSR count). The summed E-state index contributed by atoms with van der Waals surface area (Å²) in [5.74, 6) is 2.33. The highest BCUT2D eigenvalue weighted by Gasteiger charge is 2.45. The maximum atomic E-state index is 5.94. The number of hydrogen-bond acceptors (Lipinski definition) is 5. The molecule has 3 aliphatic rings. The second kappa shape index (κ2) is 5.05. The Balaban J connectivity index is 1.43. The van der Waals surface area contributed by atoms with E-state index in [-0.39, 0.29) is 0 Å². The van der Waals surface area contributed by atoms with Crippen molar-refractivity contribution in [2.45, 2.75) is 56.3 Å². The first kappa shape index (κ1) is 12.2. The van der Waals surface area contributed by atoms with E-state index in [9.17, 15) is 0 Å². The van der Waals surface area contributed by atoms with E-state index >= 15 is 0 Å². The van der Waals surface area contributed by atoms with E-state index in [0.29, 0.717) is 6.04 Å². The van der Waals surface area contributed by atoms with Gasteiger partial charge in [-0.15, -0.1) is 11.8 Å². The molecular formula is C12H24N4S. The van der Waals surface area contributed by atoms with E-state index in [4.69, 9.17) is 5.73 Å². The maximum Gasteiger partial charge on any atom is 0.0607 e. The van der Waals surface area contributed by atoms with Gasteiger partial charge in [0.15, 0.2) is 0 Å². The number of nitrogens with one attached hydrogen (secondary N) is 1. The van der Waals surface area contributed by atoms with Crippen molar-refractivity contribution in [2.75, 3.05) is 18.8 Å². The van der Waals surface area contributed by atoms with Crippen molar-refractivity contribution in [3.05, 3.63) is 0 Å². The van der Waals surface area contributed by atoms with Gasteiger partial charge >= 0.3 is 0 Å². The van der Waals surface area contributed by atoms with Crippen molar-refractivity contribution in [1.29, 1.82) is 0 Å². The van der Waals surface area contributed by atoms with Gasteiger partial charge in [0.05, 0.1) is 11.8 Å². The lowest BCUT2D eigenvalue weighted by Crippen LogP contribution is -2.43. The summed E-state index contributed by atoms with van der Waals surface area (Å²) in [7, 11) is 2.20. The Morgan fingerprint density at radius 1 is 1.18 bits per heavy atom. The molecule has 98 valence electrons. The minimum absolute atomic E-state index is 0.462. The van der Waals surface area contributed by atoms with Crippen LogP contribution >= 0.6 is 11.8 Å². The van der Waals surface area contributed by atoms with Gasteiger partial charge in [-0.25, -0.2) is 10.0 Å². The van der Waals surface area contributed by atoms with E-state index < -0.39 is 0 Å². The van der Waals surface area contributed by atoms with Gasteiger partial charge < -0.3 is 11.1 Å². The molecule has 0 spiro atoms. The Morgan fingerprint density at radius 3 is 2.59 bits per heavy atom. The van der Waals surface area contributed by atoms with Gasteiger partial charge in [0.2, 0.25) is 0 Å². The van der Waals surface area contributed by atoms with Crippen LogP contribution in [0.4, 0.5) is 0 Å². The lowest BCUT2D eigenvalue weighted by molar-refractivity contribution is 0.0429. The average Bonchev–Trinajstić information content (AvgIpc) is 2.94. The van der Waals surface area contributed by atoms with E-state index in [1.807, 2.05) is 11.8 Å². The Kier molecular flexibility index (Phi) is 3.64. The molecular weight excluding hydrogens is 232 g/mol. The Labute approximate surface area is 108 Å². The van der Waals surface area contributed by atoms with Gasteiger partial charge in [-0.05, 0) is 32.1 Å². The highest BCUT2D eigenvalue weighted by Crippen LogP contribution is 2.35. The van der Waals surface area contributed by atoms with Gasteiger partial charge in [0, 0.05) is 31.2 Å². The second-order valence-electron chi connectivity index (χ2n) is 5.75. The third-order valence-electron chi connectivity index (χ3n) is 4.30. The molecule has 17 heavy (non-hydrogen) atoms. The predicted octanol–water partition coefficient (Wildman–Crippen LogP) is 0.797. The lowest BCUT2D eigenvalue weighted by atomic mass is 9.92. The van der Waals surface area contributed by atoms with E-state index in [1.165, 1.54) is 38.0 Å². The summed E-state index contributed by atoms with van der Waals surface area (Å²) in [6, 6.07) is 2.68. The molecule has 0 amide bonds. The lowest BCUT2D eigenvalue weighted by Gasteiger charge is -2.28. The molecule has 0 aromatic carbocycles. The number of nitrogens with two attached hydrogens (primary N) is 1. The smallest absolute Gasteiger partial charge is 0.0607 e. The van der Waals surface area contributed by atoms with Gasteiger partial charge in [0.1, 0.15) is 0 Å². The monoisotopic (exact) mass is 256 g/mol. The van der Waals surface area contributed by atoms with Gasteiger partial charge in [-0.2, -0.15) is 0 Å². The molecule has 3 fully saturated rings. The van der Waals surface area contributed by atoms with Crippen LogP contribution in [0.2, 0.25) is 0 Å². The van der Waals surface area contributed by atoms with Crippen LogP contribution in [0.3, 0.4) is 0 Å². The van der Waals surface area contributed by atoms with Crippen molar-refractivity contribution >= 4 is 11.8 Å². The summed E-state index contributed by atoms with van der Waals surface area (Å²) in [6.07, 6.45) is 6.28. The fraction of sp³-hybridized carbons (Fsp3) is 1.00. The van der Waals surface area contributed by atoms with Crippen LogP contribution in [0.5, 0.6) is 0 Å². The Morgan fingerprint density at radius 2 is 1.94 bits per heavy atom. The van der Waals surface area contributed by atoms with Gasteiger partial charge in [-0.3, -0.25) is 0 Å². The molecule has 1 saturated heterocycles. The van der Waals surface area contributed by atoms with Crippen LogP contribution in [0, 0.1) is 0 Å². The van der Waals surface area contributed by atoms with E-state index in [0.717, 1.165) is 24.0 Å². The first-order valence-corrected chi connectivity index (χ1v) is 7.96. The number of nitrogens with zero attached hydrogens (tertiary/aromatic N) is 2. The summed E-state index contributed by atoms with van der Waals surface area (Å²) in [6.45, 7) is 0. The predicted molar refractivity (Wildman–Crippen MR) is 72.5 cm³/mol. The molecule has 2 aliphatic carbocycles. The molecule has 2 saturated carbocycles. The minimum Gasteiger partial charge on any atom is -0.328 e. The Hall–Kier alpha value is 0.190. The molecule has 0 aromatic rings. The average molecular weight is 256 g/mol. The zero-order chi connectivity index (χ0) is 11.8. The fourth-order valence-corrected chi connectivity index (χ4v) is 4.14. The third kappa shape index (κ3) is 2.79. The summed E-state index contributed by atoms with van der Waals surface area (Å²) in [4.78, 5) is 0. The molecule has 2 atom stereocenters. The van der Waals surface area contributed by atoms with Crippen LogP contribution in [-0.2, 0) is 0 Å². The first-order chi connectivity index (χ1) is 8.24. The zero-order valence-corrected chi connectivity index (χ0v) is 11.5. The highest BCUT2D eigenvalue weighted by molar-refractivity contribution is 7.99. The number of hydrazine groups is 1. The van der Waals surface area contributed by atoms with Crippen molar-refractivity contribution in [2.24, 2.45) is 5.73 Å². The van der Waals surface area contributed by atoms with Crippen LogP contribution in [0.15, 0.2) is 0 Å². The van der Waals surface area contributed by atoms with E-state index in [2.05, 4.69) is 22.4 Å². The first-order valence-electron chi connectivity index (χ1n) is 6.81. The zero-order valence-electron chi connectivity index (χ0n) is 10.6. The van der Waals surface area contributed by atoms with Crippen LogP contribution < -0.4 is 11.1 Å². The normalized spacial score (nSPS) is 44.1. The quantitative estimate of drug-likeness (QED) is 0.782. The van der Waals surface area contributed by atoms with Crippen molar-refractivity contribution in [3.63, 3.8) is 0 Å². The van der Waals surface area contributed by atoms with Gasteiger partial charge in [-0.1, -0.05) is 0 Å². The summed E-state index contributed by atoms with van der Waals surface area (Å²) < 4.78 is 0. The summed E-state index contributed by atoms with van der Waals surface area (Å²) in [5.41, 5.74) is 5.94. The SMILES string of the molecule is CN1CSCN1C1CC1NC1CCC(N)CC1. The molecule has 1 aliphatic heterocycles. The largest absolute Gasteiger partial charge is 0.328 e. The van der Waals surface area contributed by atoms with Crippen LogP contribution in [-0.4, -0.2) is 53.0 Å². The Bertz CT molecular complexity index is 267. The highest BCUT2D eigenvalue weighted by atomic mass is 32.2. The number of thioether (sulfide) groups is 1. The van der Waals surface area contributed by atoms with Crippen LogP contribution in [0.25, 0.3) is 0 Å². The molecule has 4 nitrogen and oxygen atoms in total. The van der Waals surface area contributed by atoms with Crippen molar-refractivity contribution in [1.82, 2.24) is 15.3 Å². The third-order valence-corrected chi connectivity index (χ3v) is 5.30. The second-order valence-corrected chi connectivity index (χ2v) is 6.67. The molecule has 2 unspecified atom stereocenters.